The maximum Gasteiger partial charge on any atom is 0.339 e. The van der Waals surface area contributed by atoms with Gasteiger partial charge in [-0.3, -0.25) is 4.98 Å². The molecule has 0 aliphatic rings. The molecule has 0 aromatic carbocycles. The molecule has 0 aliphatic heterocycles. The number of methoxy groups -OCH3 is 1. The number of esters is 1. The van der Waals surface area contributed by atoms with Crippen LogP contribution in [0.25, 0.3) is 0 Å². The summed E-state index contributed by atoms with van der Waals surface area (Å²) in [6.45, 7) is 1.71. The van der Waals surface area contributed by atoms with E-state index in [9.17, 15) is 4.79 Å². The van der Waals surface area contributed by atoms with E-state index in [4.69, 9.17) is 5.11 Å². The summed E-state index contributed by atoms with van der Waals surface area (Å²) in [5.74, 6) is -0.385. The zero-order valence-corrected chi connectivity index (χ0v) is 8.93. The van der Waals surface area contributed by atoms with Crippen LogP contribution >= 0.6 is 0 Å². The van der Waals surface area contributed by atoms with Gasteiger partial charge in [0.25, 0.3) is 0 Å². The fraction of sp³-hybridized carbons (Fsp3) is 0.455. The van der Waals surface area contributed by atoms with E-state index in [2.05, 4.69) is 9.72 Å². The number of carbonyl (C=O) groups is 1. The molecule has 1 aromatic rings. The minimum Gasteiger partial charge on any atom is -0.465 e. The third-order valence-electron chi connectivity index (χ3n) is 2.09. The number of hydrogen-bond donors (Lipinski definition) is 1. The van der Waals surface area contributed by atoms with E-state index in [0.29, 0.717) is 24.1 Å². The Morgan fingerprint density at radius 2 is 2.40 bits per heavy atom. The van der Waals surface area contributed by atoms with Gasteiger partial charge in [0.1, 0.15) is 0 Å². The third kappa shape index (κ3) is 3.32. The minimum atomic E-state index is -0.391. The van der Waals surface area contributed by atoms with Crippen molar-refractivity contribution in [2.24, 2.45) is 0 Å². The summed E-state index contributed by atoms with van der Waals surface area (Å²) >= 11 is 0. The molecule has 1 aromatic heterocycles. The highest BCUT2D eigenvalue weighted by Crippen LogP contribution is 2.10. The van der Waals surface area contributed by atoms with Gasteiger partial charge in [0.2, 0.25) is 0 Å². The predicted octanol–water partition coefficient (Wildman–Crippen LogP) is 1.18. The zero-order valence-electron chi connectivity index (χ0n) is 8.93. The number of nitrogens with zero attached hydrogens (tertiary/aromatic N) is 1. The van der Waals surface area contributed by atoms with Crippen LogP contribution < -0.4 is 0 Å². The fourth-order valence-corrected chi connectivity index (χ4v) is 1.28. The highest BCUT2D eigenvalue weighted by atomic mass is 16.5. The fourth-order valence-electron chi connectivity index (χ4n) is 1.28. The van der Waals surface area contributed by atoms with Crippen LogP contribution in [0.5, 0.6) is 0 Å². The topological polar surface area (TPSA) is 59.4 Å². The van der Waals surface area contributed by atoms with Crippen molar-refractivity contribution in [3.05, 3.63) is 29.6 Å². The highest BCUT2D eigenvalue weighted by molar-refractivity contribution is 5.90. The number of pyridine rings is 1. The molecule has 1 rings (SSSR count). The Morgan fingerprint density at radius 3 is 3.00 bits per heavy atom. The normalized spacial score (nSPS) is 12.2. The maximum atomic E-state index is 11.4. The van der Waals surface area contributed by atoms with Crippen LogP contribution in [0.2, 0.25) is 0 Å². The summed E-state index contributed by atoms with van der Waals surface area (Å²) in [6, 6.07) is 3.37. The van der Waals surface area contributed by atoms with Gasteiger partial charge in [-0.15, -0.1) is 0 Å². The number of ether oxygens (including phenoxy) is 1. The molecule has 1 unspecified atom stereocenters. The summed E-state index contributed by atoms with van der Waals surface area (Å²) < 4.78 is 4.64. The van der Waals surface area contributed by atoms with E-state index in [1.807, 2.05) is 0 Å². The first kappa shape index (κ1) is 11.7. The van der Waals surface area contributed by atoms with Crippen molar-refractivity contribution in [1.29, 1.82) is 0 Å². The zero-order chi connectivity index (χ0) is 11.3. The SMILES string of the molecule is COC(=O)c1cccnc1CCC(C)O. The standard InChI is InChI=1S/C11H15NO3/c1-8(13)5-6-10-9(11(14)15-2)4-3-7-12-10/h3-4,7-8,13H,5-6H2,1-2H3. The number of carbonyl (C=O) groups excluding carboxylic acids is 1. The van der Waals surface area contributed by atoms with Crippen molar-refractivity contribution >= 4 is 5.97 Å². The van der Waals surface area contributed by atoms with Crippen LogP contribution in [-0.4, -0.2) is 29.3 Å². The quantitative estimate of drug-likeness (QED) is 0.756. The number of rotatable bonds is 4. The predicted molar refractivity (Wildman–Crippen MR) is 55.6 cm³/mol. The smallest absolute Gasteiger partial charge is 0.339 e. The van der Waals surface area contributed by atoms with Gasteiger partial charge in [0.15, 0.2) is 0 Å². The van der Waals surface area contributed by atoms with Crippen LogP contribution in [-0.2, 0) is 11.2 Å². The van der Waals surface area contributed by atoms with Gasteiger partial charge < -0.3 is 9.84 Å². The molecule has 82 valence electrons. The van der Waals surface area contributed by atoms with Crippen molar-refractivity contribution in [3.8, 4) is 0 Å². The molecule has 0 radical (unpaired) electrons. The number of aliphatic hydroxyl groups is 1. The first-order valence-electron chi connectivity index (χ1n) is 4.85. The molecular weight excluding hydrogens is 194 g/mol. The Morgan fingerprint density at radius 1 is 1.67 bits per heavy atom. The second kappa shape index (κ2) is 5.46. The molecule has 1 heterocycles. The summed E-state index contributed by atoms with van der Waals surface area (Å²) in [7, 11) is 1.34. The first-order chi connectivity index (χ1) is 7.15. The van der Waals surface area contributed by atoms with Gasteiger partial charge in [-0.05, 0) is 31.9 Å². The largest absolute Gasteiger partial charge is 0.465 e. The molecule has 0 saturated carbocycles. The van der Waals surface area contributed by atoms with E-state index in [-0.39, 0.29) is 5.97 Å². The molecule has 0 saturated heterocycles. The van der Waals surface area contributed by atoms with Crippen LogP contribution in [0.4, 0.5) is 0 Å². The second-order valence-corrected chi connectivity index (χ2v) is 3.38. The summed E-state index contributed by atoms with van der Waals surface area (Å²) in [5.41, 5.74) is 1.14. The van der Waals surface area contributed by atoms with Gasteiger partial charge in [-0.1, -0.05) is 0 Å². The molecule has 4 heteroatoms. The Kier molecular flexibility index (Phi) is 4.24. The van der Waals surface area contributed by atoms with Crippen molar-refractivity contribution in [2.45, 2.75) is 25.9 Å². The Labute approximate surface area is 88.9 Å². The molecule has 0 spiro atoms. The lowest BCUT2D eigenvalue weighted by Crippen LogP contribution is -2.10. The van der Waals surface area contributed by atoms with Crippen LogP contribution in [0.15, 0.2) is 18.3 Å². The molecule has 1 atom stereocenters. The van der Waals surface area contributed by atoms with E-state index in [1.165, 1.54) is 7.11 Å². The summed E-state index contributed by atoms with van der Waals surface area (Å²) in [5, 5.41) is 9.16. The molecule has 4 nitrogen and oxygen atoms in total. The molecule has 0 bridgehead atoms. The number of aryl methyl sites for hydroxylation is 1. The number of aromatic nitrogens is 1. The minimum absolute atomic E-state index is 0.385. The molecular formula is C11H15NO3. The van der Waals surface area contributed by atoms with Gasteiger partial charge in [0, 0.05) is 6.20 Å². The van der Waals surface area contributed by atoms with Gasteiger partial charge in [-0.2, -0.15) is 0 Å². The van der Waals surface area contributed by atoms with Crippen molar-refractivity contribution in [2.75, 3.05) is 7.11 Å². The molecule has 15 heavy (non-hydrogen) atoms. The molecule has 0 fully saturated rings. The van der Waals surface area contributed by atoms with Crippen molar-refractivity contribution < 1.29 is 14.6 Å². The lowest BCUT2D eigenvalue weighted by atomic mass is 10.1. The highest BCUT2D eigenvalue weighted by Gasteiger charge is 2.12. The molecule has 0 aliphatic carbocycles. The summed E-state index contributed by atoms with van der Waals surface area (Å²) in [6.07, 6.45) is 2.39. The third-order valence-corrected chi connectivity index (χ3v) is 2.09. The van der Waals surface area contributed by atoms with E-state index in [1.54, 1.807) is 25.3 Å². The lowest BCUT2D eigenvalue weighted by molar-refractivity contribution is 0.0598. The second-order valence-electron chi connectivity index (χ2n) is 3.38. The molecule has 1 N–H and O–H groups in total. The van der Waals surface area contributed by atoms with Gasteiger partial charge in [0.05, 0.1) is 24.5 Å². The van der Waals surface area contributed by atoms with Crippen LogP contribution in [0.3, 0.4) is 0 Å². The Balaban J connectivity index is 2.81. The monoisotopic (exact) mass is 209 g/mol. The van der Waals surface area contributed by atoms with Gasteiger partial charge >= 0.3 is 5.97 Å². The molecule has 0 amide bonds. The van der Waals surface area contributed by atoms with E-state index in [0.717, 1.165) is 0 Å². The Bertz CT molecular complexity index is 336. The Hall–Kier alpha value is -1.42. The van der Waals surface area contributed by atoms with Crippen molar-refractivity contribution in [3.63, 3.8) is 0 Å². The lowest BCUT2D eigenvalue weighted by Gasteiger charge is -2.07. The number of aliphatic hydroxyl groups excluding tert-OH is 1. The summed E-state index contributed by atoms with van der Waals surface area (Å²) in [4.78, 5) is 15.5. The average Bonchev–Trinajstić information content (AvgIpc) is 2.25. The maximum absolute atomic E-state index is 11.4. The van der Waals surface area contributed by atoms with Crippen LogP contribution in [0, 0.1) is 0 Å². The van der Waals surface area contributed by atoms with Crippen molar-refractivity contribution in [1.82, 2.24) is 4.98 Å². The first-order valence-corrected chi connectivity index (χ1v) is 4.85. The van der Waals surface area contributed by atoms with Gasteiger partial charge in [-0.25, -0.2) is 4.79 Å². The van der Waals surface area contributed by atoms with Crippen LogP contribution in [0.1, 0.15) is 29.4 Å². The van der Waals surface area contributed by atoms with E-state index >= 15 is 0 Å². The number of hydrogen-bond acceptors (Lipinski definition) is 4. The van der Waals surface area contributed by atoms with E-state index < -0.39 is 6.10 Å². The average molecular weight is 209 g/mol.